The zero-order valence-electron chi connectivity index (χ0n) is 13.1. The molecule has 0 radical (unpaired) electrons. The summed E-state index contributed by atoms with van der Waals surface area (Å²) in [6.07, 6.45) is 1.69. The van der Waals surface area contributed by atoms with E-state index in [1.165, 1.54) is 5.56 Å². The number of benzene rings is 1. The summed E-state index contributed by atoms with van der Waals surface area (Å²) in [5.41, 5.74) is 3.61. The van der Waals surface area contributed by atoms with Gasteiger partial charge in [0.15, 0.2) is 0 Å². The molecule has 0 saturated carbocycles. The number of ether oxygens (including phenoxy) is 1. The third kappa shape index (κ3) is 3.68. The molecular weight excluding hydrogens is 308 g/mol. The van der Waals surface area contributed by atoms with Crippen molar-refractivity contribution in [3.63, 3.8) is 0 Å². The molecule has 118 valence electrons. The second kappa shape index (κ2) is 6.79. The van der Waals surface area contributed by atoms with Crippen LogP contribution in [-0.2, 0) is 11.3 Å². The number of esters is 1. The van der Waals surface area contributed by atoms with Crippen LogP contribution >= 0.6 is 11.3 Å². The van der Waals surface area contributed by atoms with Crippen LogP contribution < -0.4 is 0 Å². The molecule has 3 aromatic rings. The molecule has 23 heavy (non-hydrogen) atoms. The van der Waals surface area contributed by atoms with Crippen molar-refractivity contribution in [2.24, 2.45) is 0 Å². The maximum absolute atomic E-state index is 11.8. The molecule has 0 aliphatic carbocycles. The van der Waals surface area contributed by atoms with E-state index in [-0.39, 0.29) is 12.6 Å². The number of hydrogen-bond donors (Lipinski definition) is 1. The molecule has 0 unspecified atom stereocenters. The van der Waals surface area contributed by atoms with Crippen molar-refractivity contribution >= 4 is 17.3 Å². The van der Waals surface area contributed by atoms with E-state index >= 15 is 0 Å². The number of carbonyl (C=O) groups is 1. The van der Waals surface area contributed by atoms with Gasteiger partial charge in [0.1, 0.15) is 17.3 Å². The molecule has 1 aromatic carbocycles. The molecule has 0 aliphatic rings. The van der Waals surface area contributed by atoms with E-state index in [1.54, 1.807) is 29.7 Å². The Morgan fingerprint density at radius 3 is 2.70 bits per heavy atom. The first-order chi connectivity index (χ1) is 11.1. The number of carbonyl (C=O) groups excluding carboxylic acids is 1. The Morgan fingerprint density at radius 1 is 1.26 bits per heavy atom. The van der Waals surface area contributed by atoms with E-state index in [1.807, 2.05) is 5.38 Å². The lowest BCUT2D eigenvalue weighted by atomic mass is 10.0. The number of hydrogen-bond acceptors (Lipinski definition) is 4. The Bertz CT molecular complexity index is 774. The molecule has 2 heterocycles. The molecule has 5 heteroatoms. The van der Waals surface area contributed by atoms with Crippen molar-refractivity contribution in [1.82, 2.24) is 9.97 Å². The Balaban J connectivity index is 1.64. The topological polar surface area (TPSA) is 55.0 Å². The maximum atomic E-state index is 11.8. The highest BCUT2D eigenvalue weighted by atomic mass is 32.1. The van der Waals surface area contributed by atoms with E-state index in [2.05, 4.69) is 48.1 Å². The third-order valence-corrected chi connectivity index (χ3v) is 4.49. The van der Waals surface area contributed by atoms with Gasteiger partial charge in [0.2, 0.25) is 0 Å². The highest BCUT2D eigenvalue weighted by Gasteiger charge is 2.10. The van der Waals surface area contributed by atoms with Gasteiger partial charge in [0.25, 0.3) is 0 Å². The lowest BCUT2D eigenvalue weighted by Gasteiger charge is -2.05. The molecule has 0 aliphatic heterocycles. The molecule has 0 fully saturated rings. The first kappa shape index (κ1) is 15.5. The zero-order valence-corrected chi connectivity index (χ0v) is 13.9. The van der Waals surface area contributed by atoms with Crippen molar-refractivity contribution < 1.29 is 9.53 Å². The average molecular weight is 326 g/mol. The van der Waals surface area contributed by atoms with Crippen LogP contribution in [0, 0.1) is 0 Å². The molecule has 0 amide bonds. The first-order valence-electron chi connectivity index (χ1n) is 7.48. The molecule has 0 spiro atoms. The molecule has 0 saturated heterocycles. The average Bonchev–Trinajstić information content (AvgIpc) is 3.24. The molecule has 4 nitrogen and oxygen atoms in total. The van der Waals surface area contributed by atoms with Gasteiger partial charge >= 0.3 is 5.97 Å². The fourth-order valence-corrected chi connectivity index (χ4v) is 3.00. The minimum Gasteiger partial charge on any atom is -0.454 e. The number of nitrogens with zero attached hydrogens (tertiary/aromatic N) is 1. The summed E-state index contributed by atoms with van der Waals surface area (Å²) in [4.78, 5) is 19.1. The van der Waals surface area contributed by atoms with Crippen LogP contribution in [0.25, 0.3) is 10.6 Å². The number of aromatic nitrogens is 2. The largest absolute Gasteiger partial charge is 0.454 e. The highest BCUT2D eigenvalue weighted by molar-refractivity contribution is 7.13. The second-order valence-electron chi connectivity index (χ2n) is 5.58. The van der Waals surface area contributed by atoms with Gasteiger partial charge in [0, 0.05) is 17.1 Å². The summed E-state index contributed by atoms with van der Waals surface area (Å²) in [5, 5.41) is 2.86. The van der Waals surface area contributed by atoms with Crippen molar-refractivity contribution in [3.05, 3.63) is 64.9 Å². The van der Waals surface area contributed by atoms with E-state index in [0.29, 0.717) is 11.6 Å². The minimum absolute atomic E-state index is 0.179. The summed E-state index contributed by atoms with van der Waals surface area (Å²) < 4.78 is 5.25. The third-order valence-electron chi connectivity index (χ3n) is 3.55. The molecular formula is C18H18N2O2S. The number of rotatable bonds is 5. The fraction of sp³-hybridized carbons (Fsp3) is 0.222. The van der Waals surface area contributed by atoms with Gasteiger partial charge in [-0.3, -0.25) is 0 Å². The van der Waals surface area contributed by atoms with Gasteiger partial charge in [-0.2, -0.15) is 0 Å². The molecule has 0 bridgehead atoms. The summed E-state index contributed by atoms with van der Waals surface area (Å²) in [6.45, 7) is 4.53. The quantitative estimate of drug-likeness (QED) is 0.696. The fourth-order valence-electron chi connectivity index (χ4n) is 2.19. The molecule has 2 aromatic heterocycles. The second-order valence-corrected chi connectivity index (χ2v) is 6.44. The summed E-state index contributed by atoms with van der Waals surface area (Å²) in [7, 11) is 0. The Kier molecular flexibility index (Phi) is 4.57. The standard InChI is InChI=1S/C18H18N2O2S/c1-12(2)13-5-7-14(8-6-13)17-20-15(11-23-17)10-22-18(21)16-4-3-9-19-16/h3-9,11-12,19H,10H2,1-2H3. The van der Waals surface area contributed by atoms with Crippen molar-refractivity contribution in [1.29, 1.82) is 0 Å². The molecule has 0 atom stereocenters. The van der Waals surface area contributed by atoms with Crippen LogP contribution in [0.3, 0.4) is 0 Å². The normalized spacial score (nSPS) is 10.9. The molecule has 1 N–H and O–H groups in total. The van der Waals surface area contributed by atoms with Crippen LogP contribution in [0.4, 0.5) is 0 Å². The SMILES string of the molecule is CC(C)c1ccc(-c2nc(COC(=O)c3ccc[nH]3)cs2)cc1. The lowest BCUT2D eigenvalue weighted by Crippen LogP contribution is -2.05. The summed E-state index contributed by atoms with van der Waals surface area (Å²) in [6, 6.07) is 11.9. The highest BCUT2D eigenvalue weighted by Crippen LogP contribution is 2.26. The van der Waals surface area contributed by atoms with Crippen molar-refractivity contribution in [2.45, 2.75) is 26.4 Å². The van der Waals surface area contributed by atoms with Gasteiger partial charge in [-0.15, -0.1) is 11.3 Å². The molecule has 3 rings (SSSR count). The van der Waals surface area contributed by atoms with Gasteiger partial charge in [-0.25, -0.2) is 9.78 Å². The zero-order chi connectivity index (χ0) is 16.2. The summed E-state index contributed by atoms with van der Waals surface area (Å²) in [5.74, 6) is 0.147. The van der Waals surface area contributed by atoms with Crippen LogP contribution in [0.2, 0.25) is 0 Å². The van der Waals surface area contributed by atoms with E-state index < -0.39 is 0 Å². The monoisotopic (exact) mass is 326 g/mol. The number of nitrogens with one attached hydrogen (secondary N) is 1. The van der Waals surface area contributed by atoms with Gasteiger partial charge in [-0.05, 0) is 23.6 Å². The smallest absolute Gasteiger partial charge is 0.355 e. The van der Waals surface area contributed by atoms with Crippen LogP contribution in [0.15, 0.2) is 48.0 Å². The predicted octanol–water partition coefficient (Wildman–Crippen LogP) is 4.62. The lowest BCUT2D eigenvalue weighted by molar-refractivity contribution is 0.0462. The first-order valence-corrected chi connectivity index (χ1v) is 8.36. The number of H-pyrrole nitrogens is 1. The van der Waals surface area contributed by atoms with E-state index in [9.17, 15) is 4.79 Å². The van der Waals surface area contributed by atoms with E-state index in [0.717, 1.165) is 16.3 Å². The van der Waals surface area contributed by atoms with E-state index in [4.69, 9.17) is 4.74 Å². The van der Waals surface area contributed by atoms with Crippen molar-refractivity contribution in [3.8, 4) is 10.6 Å². The van der Waals surface area contributed by atoms with Gasteiger partial charge in [-0.1, -0.05) is 38.1 Å². The summed E-state index contributed by atoms with van der Waals surface area (Å²) >= 11 is 1.56. The maximum Gasteiger partial charge on any atom is 0.355 e. The minimum atomic E-state index is -0.370. The van der Waals surface area contributed by atoms with Gasteiger partial charge < -0.3 is 9.72 Å². The number of thiazole rings is 1. The Labute approximate surface area is 139 Å². The van der Waals surface area contributed by atoms with Crippen LogP contribution in [-0.4, -0.2) is 15.9 Å². The Morgan fingerprint density at radius 2 is 2.04 bits per heavy atom. The van der Waals surface area contributed by atoms with Gasteiger partial charge in [0.05, 0.1) is 5.69 Å². The Hall–Kier alpha value is -2.40. The predicted molar refractivity (Wildman–Crippen MR) is 91.6 cm³/mol. The van der Waals surface area contributed by atoms with Crippen LogP contribution in [0.5, 0.6) is 0 Å². The van der Waals surface area contributed by atoms with Crippen molar-refractivity contribution in [2.75, 3.05) is 0 Å². The van der Waals surface area contributed by atoms with Crippen LogP contribution in [0.1, 0.15) is 41.5 Å². The number of aromatic amines is 1.